The molecule has 0 unspecified atom stereocenters. The Bertz CT molecular complexity index is 1010. The molecule has 2 aromatic carbocycles. The van der Waals surface area contributed by atoms with Gasteiger partial charge in [0.2, 0.25) is 11.8 Å². The number of benzene rings is 2. The molecule has 0 saturated carbocycles. The van der Waals surface area contributed by atoms with Crippen LogP contribution in [0, 0.1) is 0 Å². The molecule has 0 atom stereocenters. The molecule has 0 fully saturated rings. The van der Waals surface area contributed by atoms with Crippen molar-refractivity contribution < 1.29 is 9.59 Å². The minimum atomic E-state index is 0.0941. The second-order valence-corrected chi connectivity index (χ2v) is 14.1. The maximum atomic E-state index is 12.7. The van der Waals surface area contributed by atoms with Gasteiger partial charge >= 0.3 is 0 Å². The van der Waals surface area contributed by atoms with Gasteiger partial charge in [0, 0.05) is 24.2 Å². The zero-order chi connectivity index (χ0) is 35.4. The van der Waals surface area contributed by atoms with Crippen molar-refractivity contribution in [3.05, 3.63) is 59.7 Å². The lowest BCUT2D eigenvalue weighted by Gasteiger charge is -2.22. The lowest BCUT2D eigenvalue weighted by atomic mass is 10.0. The Morgan fingerprint density at radius 3 is 1.08 bits per heavy atom. The molecule has 0 bridgehead atoms. The fourth-order valence-electron chi connectivity index (χ4n) is 6.39. The first-order chi connectivity index (χ1) is 24.0. The standard InChI is InChI=1S/C43H72N4O2/c1-5-9-13-17-33-46(31-15-11-7-3)35-19-21-42(48)44-40-27-23-38(24-28-40)37-39-25-29-41(30-26-39)45-43(49)22-20-36-47(32-16-12-8-4)34-18-14-10-6-2/h23-30H,5-22,31-37H2,1-4H3,(H,44,48)(H,45,49). The SMILES string of the molecule is CCCCCCN(CCCCC)CCCC(=O)Nc1ccc(Cc2ccc(NC(=O)CCCN(CCCCC)CCCCCC)cc2)cc1. The lowest BCUT2D eigenvalue weighted by molar-refractivity contribution is -0.117. The summed E-state index contributed by atoms with van der Waals surface area (Å²) in [6, 6.07) is 16.4. The topological polar surface area (TPSA) is 64.7 Å². The van der Waals surface area contributed by atoms with Gasteiger partial charge in [-0.25, -0.2) is 0 Å². The van der Waals surface area contributed by atoms with Crippen LogP contribution >= 0.6 is 0 Å². The number of rotatable bonds is 30. The Kier molecular flexibility index (Phi) is 24.3. The summed E-state index contributed by atoms with van der Waals surface area (Å²) >= 11 is 0. The van der Waals surface area contributed by atoms with Crippen molar-refractivity contribution >= 4 is 23.2 Å². The van der Waals surface area contributed by atoms with Gasteiger partial charge in [-0.15, -0.1) is 0 Å². The largest absolute Gasteiger partial charge is 0.326 e. The van der Waals surface area contributed by atoms with Crippen LogP contribution in [0.5, 0.6) is 0 Å². The number of hydrogen-bond acceptors (Lipinski definition) is 4. The summed E-state index contributed by atoms with van der Waals surface area (Å²) in [7, 11) is 0. The molecule has 0 heterocycles. The van der Waals surface area contributed by atoms with Crippen molar-refractivity contribution in [3.8, 4) is 0 Å². The Hall–Kier alpha value is -2.70. The Morgan fingerprint density at radius 2 is 0.735 bits per heavy atom. The van der Waals surface area contributed by atoms with Gasteiger partial charge in [-0.3, -0.25) is 9.59 Å². The number of amides is 2. The van der Waals surface area contributed by atoms with Crippen molar-refractivity contribution in [1.29, 1.82) is 0 Å². The van der Waals surface area contributed by atoms with Crippen LogP contribution in [0.1, 0.15) is 154 Å². The van der Waals surface area contributed by atoms with Gasteiger partial charge in [-0.2, -0.15) is 0 Å². The molecule has 6 nitrogen and oxygen atoms in total. The van der Waals surface area contributed by atoms with Gasteiger partial charge in [-0.1, -0.05) is 116 Å². The fourth-order valence-corrected chi connectivity index (χ4v) is 6.39. The normalized spacial score (nSPS) is 11.4. The number of unbranched alkanes of at least 4 members (excludes halogenated alkanes) is 10. The van der Waals surface area contributed by atoms with Crippen LogP contribution in [0.15, 0.2) is 48.5 Å². The molecule has 0 aliphatic heterocycles. The van der Waals surface area contributed by atoms with E-state index in [0.29, 0.717) is 12.8 Å². The van der Waals surface area contributed by atoms with Crippen LogP contribution in [0.25, 0.3) is 0 Å². The smallest absolute Gasteiger partial charge is 0.224 e. The van der Waals surface area contributed by atoms with Crippen molar-refractivity contribution in [2.24, 2.45) is 0 Å². The van der Waals surface area contributed by atoms with Crippen LogP contribution in [-0.2, 0) is 16.0 Å². The van der Waals surface area contributed by atoms with E-state index in [9.17, 15) is 9.59 Å². The first-order valence-corrected chi connectivity index (χ1v) is 20.2. The highest BCUT2D eigenvalue weighted by atomic mass is 16.2. The average Bonchev–Trinajstić information content (AvgIpc) is 3.10. The molecule has 6 heteroatoms. The minimum Gasteiger partial charge on any atom is -0.326 e. The van der Waals surface area contributed by atoms with Gasteiger partial charge in [0.1, 0.15) is 0 Å². The van der Waals surface area contributed by atoms with E-state index in [-0.39, 0.29) is 11.8 Å². The Morgan fingerprint density at radius 1 is 0.429 bits per heavy atom. The van der Waals surface area contributed by atoms with Crippen molar-refractivity contribution in [2.45, 2.75) is 150 Å². The molecule has 0 aromatic heterocycles. The van der Waals surface area contributed by atoms with Gasteiger partial charge < -0.3 is 20.4 Å². The van der Waals surface area contributed by atoms with Crippen LogP contribution in [-0.4, -0.2) is 60.9 Å². The van der Waals surface area contributed by atoms with Crippen molar-refractivity contribution in [3.63, 3.8) is 0 Å². The van der Waals surface area contributed by atoms with E-state index < -0.39 is 0 Å². The number of nitrogens with zero attached hydrogens (tertiary/aromatic N) is 2. The molecule has 2 N–H and O–H groups in total. The van der Waals surface area contributed by atoms with E-state index in [2.05, 4.69) is 72.4 Å². The van der Waals surface area contributed by atoms with Gasteiger partial charge in [0.25, 0.3) is 0 Å². The fraction of sp³-hybridized carbons (Fsp3) is 0.674. The number of anilines is 2. The molecule has 2 amide bonds. The number of hydrogen-bond donors (Lipinski definition) is 2. The Balaban J connectivity index is 1.72. The van der Waals surface area contributed by atoms with Crippen molar-refractivity contribution in [2.75, 3.05) is 49.9 Å². The predicted molar refractivity (Wildman–Crippen MR) is 212 cm³/mol. The average molecular weight is 677 g/mol. The first kappa shape index (κ1) is 42.5. The molecule has 0 spiro atoms. The van der Waals surface area contributed by atoms with Crippen LogP contribution in [0.3, 0.4) is 0 Å². The predicted octanol–water partition coefficient (Wildman–Crippen LogP) is 10.9. The summed E-state index contributed by atoms with van der Waals surface area (Å²) in [6.45, 7) is 15.6. The molecular formula is C43H72N4O2. The Labute approximate surface area is 301 Å². The monoisotopic (exact) mass is 677 g/mol. The highest BCUT2D eigenvalue weighted by molar-refractivity contribution is 5.91. The summed E-state index contributed by atoms with van der Waals surface area (Å²) in [6.07, 6.45) is 21.6. The highest BCUT2D eigenvalue weighted by Gasteiger charge is 2.10. The number of nitrogens with one attached hydrogen (secondary N) is 2. The third-order valence-corrected chi connectivity index (χ3v) is 9.45. The maximum absolute atomic E-state index is 12.7. The quantitative estimate of drug-likeness (QED) is 0.0808. The van der Waals surface area contributed by atoms with E-state index >= 15 is 0 Å². The molecule has 0 aliphatic carbocycles. The first-order valence-electron chi connectivity index (χ1n) is 20.2. The zero-order valence-electron chi connectivity index (χ0n) is 32.0. The molecular weight excluding hydrogens is 604 g/mol. The summed E-state index contributed by atoms with van der Waals surface area (Å²) in [5.74, 6) is 0.188. The summed E-state index contributed by atoms with van der Waals surface area (Å²) in [4.78, 5) is 30.5. The summed E-state index contributed by atoms with van der Waals surface area (Å²) < 4.78 is 0. The third kappa shape index (κ3) is 21.2. The third-order valence-electron chi connectivity index (χ3n) is 9.45. The van der Waals surface area contributed by atoms with E-state index in [1.807, 2.05) is 24.3 Å². The van der Waals surface area contributed by atoms with E-state index in [1.165, 1.54) is 101 Å². The highest BCUT2D eigenvalue weighted by Crippen LogP contribution is 2.17. The second-order valence-electron chi connectivity index (χ2n) is 14.1. The van der Waals surface area contributed by atoms with E-state index in [1.54, 1.807) is 0 Å². The lowest BCUT2D eigenvalue weighted by Crippen LogP contribution is -2.28. The maximum Gasteiger partial charge on any atom is 0.224 e. The van der Waals surface area contributed by atoms with E-state index in [4.69, 9.17) is 0 Å². The zero-order valence-corrected chi connectivity index (χ0v) is 32.0. The van der Waals surface area contributed by atoms with Gasteiger partial charge in [-0.05, 0) is 120 Å². The minimum absolute atomic E-state index is 0.0941. The van der Waals surface area contributed by atoms with Gasteiger partial charge in [0.05, 0.1) is 0 Å². The van der Waals surface area contributed by atoms with Crippen molar-refractivity contribution in [1.82, 2.24) is 9.80 Å². The molecule has 0 saturated heterocycles. The molecule has 2 rings (SSSR count). The number of carbonyl (C=O) groups excluding carboxylic acids is 2. The summed E-state index contributed by atoms with van der Waals surface area (Å²) in [5, 5.41) is 6.18. The van der Waals surface area contributed by atoms with Crippen LogP contribution < -0.4 is 10.6 Å². The second kappa shape index (κ2) is 28.0. The van der Waals surface area contributed by atoms with E-state index in [0.717, 1.165) is 69.9 Å². The molecule has 49 heavy (non-hydrogen) atoms. The molecule has 276 valence electrons. The molecule has 0 radical (unpaired) electrons. The summed E-state index contributed by atoms with van der Waals surface area (Å²) in [5.41, 5.74) is 4.09. The molecule has 2 aromatic rings. The van der Waals surface area contributed by atoms with Gasteiger partial charge in [0.15, 0.2) is 0 Å². The number of carbonyl (C=O) groups is 2. The molecule has 0 aliphatic rings. The van der Waals surface area contributed by atoms with Crippen LogP contribution in [0.4, 0.5) is 11.4 Å². The van der Waals surface area contributed by atoms with Crippen LogP contribution in [0.2, 0.25) is 0 Å².